The van der Waals surface area contributed by atoms with Gasteiger partial charge in [-0.3, -0.25) is 9.59 Å². The van der Waals surface area contributed by atoms with E-state index in [4.69, 9.17) is 0 Å². The standard InChI is InChI=1S/C9H14N2O2S/c1-7(12)10-5-9(6-10)11(8(2)13)3-4-14-9/h3-6H2,1-2H3. The van der Waals surface area contributed by atoms with Crippen molar-refractivity contribution in [3.63, 3.8) is 0 Å². The molecule has 1 spiro atoms. The Morgan fingerprint density at radius 2 is 1.86 bits per heavy atom. The monoisotopic (exact) mass is 214 g/mol. The molecule has 0 aromatic heterocycles. The van der Waals surface area contributed by atoms with Crippen molar-refractivity contribution >= 4 is 23.6 Å². The van der Waals surface area contributed by atoms with Crippen LogP contribution in [0, 0.1) is 0 Å². The molecule has 5 heteroatoms. The first-order valence-corrected chi connectivity index (χ1v) is 5.71. The van der Waals surface area contributed by atoms with E-state index < -0.39 is 0 Å². The number of nitrogens with zero attached hydrogens (tertiary/aromatic N) is 2. The number of hydrogen-bond donors (Lipinski definition) is 0. The van der Waals surface area contributed by atoms with Gasteiger partial charge in [-0.15, -0.1) is 11.8 Å². The first-order valence-electron chi connectivity index (χ1n) is 4.73. The van der Waals surface area contributed by atoms with Crippen molar-refractivity contribution in [2.45, 2.75) is 18.7 Å². The highest BCUT2D eigenvalue weighted by molar-refractivity contribution is 8.01. The van der Waals surface area contributed by atoms with E-state index in [0.29, 0.717) is 13.1 Å². The summed E-state index contributed by atoms with van der Waals surface area (Å²) in [5.41, 5.74) is 0. The Kier molecular flexibility index (Phi) is 2.21. The van der Waals surface area contributed by atoms with E-state index in [1.165, 1.54) is 0 Å². The molecule has 0 N–H and O–H groups in total. The van der Waals surface area contributed by atoms with E-state index in [1.54, 1.807) is 30.5 Å². The summed E-state index contributed by atoms with van der Waals surface area (Å²) >= 11 is 1.80. The van der Waals surface area contributed by atoms with E-state index in [2.05, 4.69) is 0 Å². The molecular weight excluding hydrogens is 200 g/mol. The molecule has 0 aromatic rings. The molecule has 2 heterocycles. The lowest BCUT2D eigenvalue weighted by atomic mass is 10.1. The molecule has 2 fully saturated rings. The zero-order valence-electron chi connectivity index (χ0n) is 8.45. The van der Waals surface area contributed by atoms with E-state index in [-0.39, 0.29) is 16.7 Å². The zero-order chi connectivity index (χ0) is 10.3. The molecule has 14 heavy (non-hydrogen) atoms. The fourth-order valence-corrected chi connectivity index (χ4v) is 3.61. The Morgan fingerprint density at radius 1 is 1.21 bits per heavy atom. The van der Waals surface area contributed by atoms with Gasteiger partial charge in [-0.2, -0.15) is 0 Å². The third-order valence-electron chi connectivity index (χ3n) is 2.88. The smallest absolute Gasteiger partial charge is 0.220 e. The number of amides is 2. The Labute approximate surface area is 87.6 Å². The highest BCUT2D eigenvalue weighted by atomic mass is 32.2. The summed E-state index contributed by atoms with van der Waals surface area (Å²) in [6, 6.07) is 0. The number of carbonyl (C=O) groups excluding carboxylic acids is 2. The van der Waals surface area contributed by atoms with Crippen LogP contribution in [-0.2, 0) is 9.59 Å². The number of rotatable bonds is 0. The molecular formula is C9H14N2O2S. The van der Waals surface area contributed by atoms with Gasteiger partial charge in [0, 0.05) is 26.1 Å². The fourth-order valence-electron chi connectivity index (χ4n) is 2.09. The summed E-state index contributed by atoms with van der Waals surface area (Å²) < 4.78 is 0. The molecule has 0 aromatic carbocycles. The molecule has 0 saturated carbocycles. The third kappa shape index (κ3) is 1.30. The second kappa shape index (κ2) is 3.15. The van der Waals surface area contributed by atoms with Crippen LogP contribution in [0.4, 0.5) is 0 Å². The van der Waals surface area contributed by atoms with Crippen LogP contribution in [0.25, 0.3) is 0 Å². The maximum absolute atomic E-state index is 11.3. The maximum atomic E-state index is 11.3. The lowest BCUT2D eigenvalue weighted by Gasteiger charge is -2.51. The van der Waals surface area contributed by atoms with Gasteiger partial charge in [-0.1, -0.05) is 0 Å². The average molecular weight is 214 g/mol. The van der Waals surface area contributed by atoms with Crippen LogP contribution < -0.4 is 0 Å². The van der Waals surface area contributed by atoms with Crippen molar-refractivity contribution < 1.29 is 9.59 Å². The SMILES string of the molecule is CC(=O)N1CC2(C1)SCCN2C(C)=O. The minimum Gasteiger partial charge on any atom is -0.336 e. The lowest BCUT2D eigenvalue weighted by Crippen LogP contribution is -2.67. The Morgan fingerprint density at radius 3 is 2.36 bits per heavy atom. The van der Waals surface area contributed by atoms with Crippen LogP contribution in [0.15, 0.2) is 0 Å². The number of thioether (sulfide) groups is 1. The molecule has 2 amide bonds. The summed E-state index contributed by atoms with van der Waals surface area (Å²) in [6.07, 6.45) is 0. The minimum absolute atomic E-state index is 0.0858. The minimum atomic E-state index is -0.0858. The van der Waals surface area contributed by atoms with Gasteiger partial charge in [0.1, 0.15) is 4.87 Å². The summed E-state index contributed by atoms with van der Waals surface area (Å²) in [6.45, 7) is 5.40. The molecule has 0 bridgehead atoms. The van der Waals surface area contributed by atoms with Gasteiger partial charge >= 0.3 is 0 Å². The van der Waals surface area contributed by atoms with Gasteiger partial charge < -0.3 is 9.80 Å². The molecule has 4 nitrogen and oxygen atoms in total. The number of carbonyl (C=O) groups is 2. The van der Waals surface area contributed by atoms with Crippen LogP contribution in [0.3, 0.4) is 0 Å². The zero-order valence-corrected chi connectivity index (χ0v) is 9.26. The Hall–Kier alpha value is -0.710. The first-order chi connectivity index (χ1) is 6.55. The lowest BCUT2D eigenvalue weighted by molar-refractivity contribution is -0.145. The van der Waals surface area contributed by atoms with Gasteiger partial charge in [0.25, 0.3) is 0 Å². The molecule has 0 aliphatic carbocycles. The molecule has 2 saturated heterocycles. The van der Waals surface area contributed by atoms with Crippen LogP contribution in [0.5, 0.6) is 0 Å². The predicted octanol–water partition coefficient (Wildman–Crippen LogP) is 0.140. The quantitative estimate of drug-likeness (QED) is 0.576. The second-order valence-corrected chi connectivity index (χ2v) is 5.30. The molecule has 0 unspecified atom stereocenters. The number of hydrogen-bond acceptors (Lipinski definition) is 3. The first kappa shape index (κ1) is 9.83. The topological polar surface area (TPSA) is 40.6 Å². The molecule has 0 atom stereocenters. The van der Waals surface area contributed by atoms with Crippen LogP contribution in [0.1, 0.15) is 13.8 Å². The van der Waals surface area contributed by atoms with Gasteiger partial charge in [-0.05, 0) is 0 Å². The van der Waals surface area contributed by atoms with Gasteiger partial charge in [0.15, 0.2) is 0 Å². The Bertz CT molecular complexity index is 287. The third-order valence-corrected chi connectivity index (χ3v) is 4.28. The summed E-state index contributed by atoms with van der Waals surface area (Å²) in [7, 11) is 0. The molecule has 2 aliphatic heterocycles. The van der Waals surface area contributed by atoms with Gasteiger partial charge in [-0.25, -0.2) is 0 Å². The second-order valence-electron chi connectivity index (χ2n) is 3.84. The molecule has 2 rings (SSSR count). The van der Waals surface area contributed by atoms with Crippen LogP contribution >= 0.6 is 11.8 Å². The van der Waals surface area contributed by atoms with Crippen molar-refractivity contribution in [1.82, 2.24) is 9.80 Å². The maximum Gasteiger partial charge on any atom is 0.220 e. The highest BCUT2D eigenvalue weighted by Gasteiger charge is 2.53. The summed E-state index contributed by atoms with van der Waals surface area (Å²) in [5, 5.41) is 0. The van der Waals surface area contributed by atoms with Crippen molar-refractivity contribution in [3.05, 3.63) is 0 Å². The predicted molar refractivity (Wildman–Crippen MR) is 54.8 cm³/mol. The highest BCUT2D eigenvalue weighted by Crippen LogP contribution is 2.42. The van der Waals surface area contributed by atoms with Crippen LogP contribution in [0.2, 0.25) is 0 Å². The van der Waals surface area contributed by atoms with Crippen molar-refractivity contribution in [3.8, 4) is 0 Å². The largest absolute Gasteiger partial charge is 0.336 e. The van der Waals surface area contributed by atoms with E-state index in [0.717, 1.165) is 12.3 Å². The molecule has 78 valence electrons. The normalized spacial score (nSPS) is 23.9. The van der Waals surface area contributed by atoms with E-state index in [9.17, 15) is 9.59 Å². The van der Waals surface area contributed by atoms with Gasteiger partial charge in [0.05, 0.1) is 13.1 Å². The van der Waals surface area contributed by atoms with E-state index in [1.807, 2.05) is 4.90 Å². The van der Waals surface area contributed by atoms with Crippen LogP contribution in [-0.4, -0.2) is 51.9 Å². The van der Waals surface area contributed by atoms with Crippen molar-refractivity contribution in [1.29, 1.82) is 0 Å². The van der Waals surface area contributed by atoms with Gasteiger partial charge in [0.2, 0.25) is 11.8 Å². The Balaban J connectivity index is 2.05. The van der Waals surface area contributed by atoms with Crippen molar-refractivity contribution in [2.24, 2.45) is 0 Å². The summed E-state index contributed by atoms with van der Waals surface area (Å²) in [5.74, 6) is 1.22. The number of likely N-dealkylation sites (tertiary alicyclic amines) is 1. The average Bonchev–Trinajstić information content (AvgIpc) is 2.43. The molecule has 0 radical (unpaired) electrons. The van der Waals surface area contributed by atoms with E-state index >= 15 is 0 Å². The van der Waals surface area contributed by atoms with Crippen molar-refractivity contribution in [2.75, 3.05) is 25.4 Å². The fraction of sp³-hybridized carbons (Fsp3) is 0.778. The summed E-state index contributed by atoms with van der Waals surface area (Å²) in [4.78, 5) is 26.0. The molecule has 2 aliphatic rings.